The van der Waals surface area contributed by atoms with Gasteiger partial charge in [0.05, 0.1) is 23.0 Å². The second-order valence-electron chi connectivity index (χ2n) is 4.52. The standard InChI is InChI=1S/C16H15N3O2/c1-11-6-7-12(9-17)8-15(11)21-10-16(20)19-14-5-3-2-4-13(14)18/h2-8H,10,18H2,1H3,(H,19,20). The average Bonchev–Trinajstić information content (AvgIpc) is 2.49. The van der Waals surface area contributed by atoms with Crippen LogP contribution in [-0.2, 0) is 4.79 Å². The second-order valence-corrected chi connectivity index (χ2v) is 4.52. The van der Waals surface area contributed by atoms with Gasteiger partial charge in [-0.3, -0.25) is 4.79 Å². The Balaban J connectivity index is 1.99. The van der Waals surface area contributed by atoms with Crippen LogP contribution in [0.2, 0.25) is 0 Å². The predicted octanol–water partition coefficient (Wildman–Crippen LogP) is 2.47. The first-order valence-electron chi connectivity index (χ1n) is 6.38. The third kappa shape index (κ3) is 3.74. The first-order valence-corrected chi connectivity index (χ1v) is 6.38. The summed E-state index contributed by atoms with van der Waals surface area (Å²) in [4.78, 5) is 11.8. The van der Waals surface area contributed by atoms with Gasteiger partial charge in [0.1, 0.15) is 5.75 Å². The van der Waals surface area contributed by atoms with Crippen molar-refractivity contribution in [2.24, 2.45) is 0 Å². The summed E-state index contributed by atoms with van der Waals surface area (Å²) < 4.78 is 5.45. The number of carbonyl (C=O) groups excluding carboxylic acids is 1. The Morgan fingerprint density at radius 3 is 2.81 bits per heavy atom. The number of nitrogen functional groups attached to an aromatic ring is 1. The maximum atomic E-state index is 11.8. The number of anilines is 2. The Kier molecular flexibility index (Phi) is 4.42. The lowest BCUT2D eigenvalue weighted by Gasteiger charge is -2.11. The zero-order valence-electron chi connectivity index (χ0n) is 11.6. The summed E-state index contributed by atoms with van der Waals surface area (Å²) in [7, 11) is 0. The van der Waals surface area contributed by atoms with Crippen molar-refractivity contribution in [1.82, 2.24) is 0 Å². The van der Waals surface area contributed by atoms with Gasteiger partial charge in [0.15, 0.2) is 6.61 Å². The van der Waals surface area contributed by atoms with E-state index in [9.17, 15) is 4.79 Å². The molecule has 0 radical (unpaired) electrons. The van der Waals surface area contributed by atoms with Gasteiger partial charge in [0, 0.05) is 0 Å². The number of ether oxygens (including phenoxy) is 1. The van der Waals surface area contributed by atoms with Crippen molar-refractivity contribution in [2.45, 2.75) is 6.92 Å². The van der Waals surface area contributed by atoms with Gasteiger partial charge in [-0.1, -0.05) is 18.2 Å². The molecule has 0 bridgehead atoms. The quantitative estimate of drug-likeness (QED) is 0.843. The molecule has 5 heteroatoms. The van der Waals surface area contributed by atoms with Crippen LogP contribution in [0.15, 0.2) is 42.5 Å². The van der Waals surface area contributed by atoms with Crippen molar-refractivity contribution >= 4 is 17.3 Å². The van der Waals surface area contributed by atoms with Crippen LogP contribution in [0.5, 0.6) is 5.75 Å². The fourth-order valence-electron chi connectivity index (χ4n) is 1.77. The van der Waals surface area contributed by atoms with Crippen LogP contribution in [0.3, 0.4) is 0 Å². The average molecular weight is 281 g/mol. The van der Waals surface area contributed by atoms with Crippen LogP contribution in [0.25, 0.3) is 0 Å². The molecule has 3 N–H and O–H groups in total. The third-order valence-electron chi connectivity index (χ3n) is 2.91. The molecule has 0 saturated carbocycles. The van der Waals surface area contributed by atoms with E-state index in [0.717, 1.165) is 5.56 Å². The van der Waals surface area contributed by atoms with E-state index in [2.05, 4.69) is 5.32 Å². The number of hydrogen-bond donors (Lipinski definition) is 2. The number of hydrogen-bond acceptors (Lipinski definition) is 4. The van der Waals surface area contributed by atoms with Gasteiger partial charge in [-0.25, -0.2) is 0 Å². The summed E-state index contributed by atoms with van der Waals surface area (Å²) >= 11 is 0. The number of carbonyl (C=O) groups is 1. The Labute approximate surface area is 123 Å². The molecule has 106 valence electrons. The maximum absolute atomic E-state index is 11.8. The van der Waals surface area contributed by atoms with Gasteiger partial charge in [-0.15, -0.1) is 0 Å². The number of amides is 1. The third-order valence-corrected chi connectivity index (χ3v) is 2.91. The summed E-state index contributed by atoms with van der Waals surface area (Å²) in [5, 5.41) is 11.5. The van der Waals surface area contributed by atoms with Crippen LogP contribution < -0.4 is 15.8 Å². The van der Waals surface area contributed by atoms with Crippen molar-refractivity contribution in [3.05, 3.63) is 53.6 Å². The molecule has 2 aromatic rings. The molecule has 0 saturated heterocycles. The number of aryl methyl sites for hydroxylation is 1. The Bertz CT molecular complexity index is 705. The largest absolute Gasteiger partial charge is 0.483 e. The highest BCUT2D eigenvalue weighted by atomic mass is 16.5. The van der Waals surface area contributed by atoms with Crippen molar-refractivity contribution < 1.29 is 9.53 Å². The van der Waals surface area contributed by atoms with E-state index in [1.807, 2.05) is 13.0 Å². The monoisotopic (exact) mass is 281 g/mol. The smallest absolute Gasteiger partial charge is 0.262 e. The van der Waals surface area contributed by atoms with Crippen molar-refractivity contribution in [3.63, 3.8) is 0 Å². The molecule has 0 spiro atoms. The molecule has 2 aromatic carbocycles. The maximum Gasteiger partial charge on any atom is 0.262 e. The number of rotatable bonds is 4. The summed E-state index contributed by atoms with van der Waals surface area (Å²) in [6.07, 6.45) is 0. The van der Waals surface area contributed by atoms with Crippen LogP contribution in [-0.4, -0.2) is 12.5 Å². The van der Waals surface area contributed by atoms with Crippen molar-refractivity contribution in [1.29, 1.82) is 5.26 Å². The van der Waals surface area contributed by atoms with E-state index in [0.29, 0.717) is 22.7 Å². The van der Waals surface area contributed by atoms with Gasteiger partial charge in [0.25, 0.3) is 5.91 Å². The molecule has 0 atom stereocenters. The highest BCUT2D eigenvalue weighted by molar-refractivity contribution is 5.94. The molecule has 0 heterocycles. The molecule has 21 heavy (non-hydrogen) atoms. The molecule has 0 unspecified atom stereocenters. The number of nitrogens with two attached hydrogens (primary N) is 1. The lowest BCUT2D eigenvalue weighted by atomic mass is 10.1. The predicted molar refractivity (Wildman–Crippen MR) is 80.9 cm³/mol. The van der Waals surface area contributed by atoms with Crippen LogP contribution in [0.4, 0.5) is 11.4 Å². The molecular weight excluding hydrogens is 266 g/mol. The normalized spacial score (nSPS) is 9.71. The summed E-state index contributed by atoms with van der Waals surface area (Å²) in [6.45, 7) is 1.70. The zero-order chi connectivity index (χ0) is 15.2. The lowest BCUT2D eigenvalue weighted by molar-refractivity contribution is -0.118. The second kappa shape index (κ2) is 6.44. The summed E-state index contributed by atoms with van der Waals surface area (Å²) in [5.74, 6) is 0.208. The topological polar surface area (TPSA) is 88.1 Å². The van der Waals surface area contributed by atoms with E-state index >= 15 is 0 Å². The number of nitrogens with one attached hydrogen (secondary N) is 1. The Morgan fingerprint density at radius 1 is 1.33 bits per heavy atom. The lowest BCUT2D eigenvalue weighted by Crippen LogP contribution is -2.21. The van der Waals surface area contributed by atoms with E-state index in [4.69, 9.17) is 15.7 Å². The molecule has 0 aromatic heterocycles. The minimum absolute atomic E-state index is 0.149. The summed E-state index contributed by atoms with van der Waals surface area (Å²) in [5.41, 5.74) is 8.14. The number of nitrogens with zero attached hydrogens (tertiary/aromatic N) is 1. The SMILES string of the molecule is Cc1ccc(C#N)cc1OCC(=O)Nc1ccccc1N. The molecule has 2 rings (SSSR count). The zero-order valence-corrected chi connectivity index (χ0v) is 11.6. The highest BCUT2D eigenvalue weighted by Gasteiger charge is 2.07. The van der Waals surface area contributed by atoms with E-state index in [-0.39, 0.29) is 12.5 Å². The molecule has 0 aliphatic rings. The Hall–Kier alpha value is -3.00. The number of benzene rings is 2. The van der Waals surface area contributed by atoms with Gasteiger partial charge in [0.2, 0.25) is 0 Å². The first kappa shape index (κ1) is 14.4. The molecule has 0 aliphatic carbocycles. The Morgan fingerprint density at radius 2 is 2.10 bits per heavy atom. The molecule has 5 nitrogen and oxygen atoms in total. The van der Waals surface area contributed by atoms with Crippen LogP contribution in [0, 0.1) is 18.3 Å². The molecule has 0 aliphatic heterocycles. The van der Waals surface area contributed by atoms with E-state index in [1.54, 1.807) is 42.5 Å². The summed E-state index contributed by atoms with van der Waals surface area (Å²) in [6, 6.07) is 14.1. The van der Waals surface area contributed by atoms with Gasteiger partial charge >= 0.3 is 0 Å². The minimum Gasteiger partial charge on any atom is -0.483 e. The first-order chi connectivity index (χ1) is 10.1. The van der Waals surface area contributed by atoms with Gasteiger partial charge in [-0.05, 0) is 36.8 Å². The van der Waals surface area contributed by atoms with Crippen molar-refractivity contribution in [3.8, 4) is 11.8 Å². The minimum atomic E-state index is -0.310. The number of nitriles is 1. The molecule has 1 amide bonds. The van der Waals surface area contributed by atoms with Gasteiger partial charge < -0.3 is 15.8 Å². The van der Waals surface area contributed by atoms with E-state index in [1.165, 1.54) is 0 Å². The van der Waals surface area contributed by atoms with Crippen LogP contribution in [0.1, 0.15) is 11.1 Å². The highest BCUT2D eigenvalue weighted by Crippen LogP contribution is 2.20. The molecular formula is C16H15N3O2. The van der Waals surface area contributed by atoms with Crippen molar-refractivity contribution in [2.75, 3.05) is 17.7 Å². The fraction of sp³-hybridized carbons (Fsp3) is 0.125. The van der Waals surface area contributed by atoms with Crippen LogP contribution >= 0.6 is 0 Å². The van der Waals surface area contributed by atoms with E-state index < -0.39 is 0 Å². The number of para-hydroxylation sites is 2. The van der Waals surface area contributed by atoms with Gasteiger partial charge in [-0.2, -0.15) is 5.26 Å². The fourth-order valence-corrected chi connectivity index (χ4v) is 1.77. The molecule has 0 fully saturated rings.